The average Bonchev–Trinajstić information content (AvgIpc) is 2.81. The predicted octanol–water partition coefficient (Wildman–Crippen LogP) is 5.36. The topological polar surface area (TPSA) is 77.5 Å². The van der Waals surface area contributed by atoms with Crippen molar-refractivity contribution in [1.82, 2.24) is 4.98 Å². The monoisotopic (exact) mass is 468 g/mol. The van der Waals surface area contributed by atoms with Crippen LogP contribution in [0.25, 0.3) is 5.57 Å². The molecular weight excluding hydrogens is 448 g/mol. The van der Waals surface area contributed by atoms with Crippen molar-refractivity contribution in [2.45, 2.75) is 16.8 Å². The summed E-state index contributed by atoms with van der Waals surface area (Å²) in [7, 11) is 2.48. The lowest BCUT2D eigenvalue weighted by Crippen LogP contribution is -2.20. The predicted molar refractivity (Wildman–Crippen MR) is 126 cm³/mol. The number of halogens is 1. The Bertz CT molecular complexity index is 1130. The van der Waals surface area contributed by atoms with Crippen molar-refractivity contribution >= 4 is 46.6 Å². The molecule has 0 aliphatic rings. The van der Waals surface area contributed by atoms with Crippen molar-refractivity contribution in [2.24, 2.45) is 0 Å². The second kappa shape index (κ2) is 10.8. The molecule has 0 saturated heterocycles. The van der Waals surface area contributed by atoms with Crippen LogP contribution in [0.15, 0.2) is 82.5 Å². The SMILES string of the molecule is COC(=O)/C(Nc1ccc(Cl)cc1)=C(\C(=O)OC)c1ccc(Sc2ccc(C)cc2)nc1. The highest BCUT2D eigenvalue weighted by molar-refractivity contribution is 7.99. The number of hydrogen-bond donors (Lipinski definition) is 1. The zero-order chi connectivity index (χ0) is 23.1. The maximum Gasteiger partial charge on any atom is 0.355 e. The lowest BCUT2D eigenvalue weighted by atomic mass is 10.1. The van der Waals surface area contributed by atoms with Crippen molar-refractivity contribution in [2.75, 3.05) is 19.5 Å². The Morgan fingerprint density at radius 3 is 2.12 bits per heavy atom. The van der Waals surface area contributed by atoms with Gasteiger partial charge in [0, 0.05) is 27.4 Å². The summed E-state index contributed by atoms with van der Waals surface area (Å²) in [5, 5.41) is 4.23. The molecule has 164 valence electrons. The van der Waals surface area contributed by atoms with E-state index in [1.807, 2.05) is 31.2 Å². The van der Waals surface area contributed by atoms with E-state index in [4.69, 9.17) is 21.1 Å². The van der Waals surface area contributed by atoms with Gasteiger partial charge in [0.15, 0.2) is 0 Å². The van der Waals surface area contributed by atoms with Crippen LogP contribution in [-0.4, -0.2) is 31.1 Å². The summed E-state index contributed by atoms with van der Waals surface area (Å²) in [6.07, 6.45) is 1.52. The van der Waals surface area contributed by atoms with Crippen LogP contribution in [0.4, 0.5) is 5.69 Å². The van der Waals surface area contributed by atoms with E-state index in [2.05, 4.69) is 10.3 Å². The standard InChI is InChI=1S/C24H21ClN2O4S/c1-15-4-11-19(12-5-15)32-20-13-6-16(14-26-20)21(23(28)30-2)22(24(29)31-3)27-18-9-7-17(25)8-10-18/h4-14,27H,1-3H3/b22-21+. The first kappa shape index (κ1) is 23.4. The van der Waals surface area contributed by atoms with E-state index in [1.165, 1.54) is 37.7 Å². The number of carbonyl (C=O) groups excluding carboxylic acids is 2. The first-order valence-corrected chi connectivity index (χ1v) is 10.7. The Morgan fingerprint density at radius 2 is 1.56 bits per heavy atom. The Kier molecular flexibility index (Phi) is 7.92. The van der Waals surface area contributed by atoms with Crippen molar-refractivity contribution < 1.29 is 19.1 Å². The van der Waals surface area contributed by atoms with Crippen LogP contribution in [0.3, 0.4) is 0 Å². The van der Waals surface area contributed by atoms with Gasteiger partial charge in [0.05, 0.1) is 19.8 Å². The average molecular weight is 469 g/mol. The summed E-state index contributed by atoms with van der Waals surface area (Å²) in [5.74, 6) is -1.42. The van der Waals surface area contributed by atoms with E-state index in [0.29, 0.717) is 16.3 Å². The molecule has 0 spiro atoms. The number of nitrogens with one attached hydrogen (secondary N) is 1. The van der Waals surface area contributed by atoms with Crippen LogP contribution in [0.5, 0.6) is 0 Å². The summed E-state index contributed by atoms with van der Waals surface area (Å²) >= 11 is 7.43. The van der Waals surface area contributed by atoms with Crippen molar-refractivity contribution in [3.05, 3.63) is 88.7 Å². The first-order chi connectivity index (χ1) is 15.4. The van der Waals surface area contributed by atoms with Gasteiger partial charge in [-0.3, -0.25) is 0 Å². The number of esters is 2. The van der Waals surface area contributed by atoms with Gasteiger partial charge < -0.3 is 14.8 Å². The minimum Gasteiger partial charge on any atom is -0.465 e. The molecule has 0 unspecified atom stereocenters. The number of nitrogens with zero attached hydrogens (tertiary/aromatic N) is 1. The molecule has 6 nitrogen and oxygen atoms in total. The molecule has 0 aliphatic heterocycles. The minimum atomic E-state index is -0.724. The number of ether oxygens (including phenoxy) is 2. The van der Waals surface area contributed by atoms with Gasteiger partial charge in [0.25, 0.3) is 0 Å². The van der Waals surface area contributed by atoms with Crippen LogP contribution in [0.1, 0.15) is 11.1 Å². The number of pyridine rings is 1. The molecule has 1 heterocycles. The summed E-state index contributed by atoms with van der Waals surface area (Å²) in [4.78, 5) is 30.7. The van der Waals surface area contributed by atoms with Gasteiger partial charge in [-0.1, -0.05) is 41.1 Å². The Labute approximate surface area is 195 Å². The number of rotatable bonds is 7. The van der Waals surface area contributed by atoms with Crippen LogP contribution in [0, 0.1) is 6.92 Å². The lowest BCUT2D eigenvalue weighted by molar-refractivity contribution is -0.137. The molecule has 1 N–H and O–H groups in total. The molecule has 0 fully saturated rings. The number of benzene rings is 2. The van der Waals surface area contributed by atoms with E-state index < -0.39 is 11.9 Å². The van der Waals surface area contributed by atoms with Gasteiger partial charge >= 0.3 is 11.9 Å². The third-order valence-electron chi connectivity index (χ3n) is 4.41. The fourth-order valence-electron chi connectivity index (χ4n) is 2.78. The quantitative estimate of drug-likeness (QED) is 0.369. The van der Waals surface area contributed by atoms with Crippen molar-refractivity contribution in [3.63, 3.8) is 0 Å². The molecule has 3 rings (SSSR count). The Hall–Kier alpha value is -3.29. The molecule has 0 radical (unpaired) electrons. The lowest BCUT2D eigenvalue weighted by Gasteiger charge is -2.15. The highest BCUT2D eigenvalue weighted by Crippen LogP contribution is 2.29. The molecule has 2 aromatic carbocycles. The summed E-state index contributed by atoms with van der Waals surface area (Å²) in [6.45, 7) is 2.03. The molecular formula is C24H21ClN2O4S. The molecule has 1 aromatic heterocycles. The first-order valence-electron chi connectivity index (χ1n) is 9.55. The highest BCUT2D eigenvalue weighted by atomic mass is 35.5. The normalized spacial score (nSPS) is 11.4. The number of aromatic nitrogens is 1. The smallest absolute Gasteiger partial charge is 0.355 e. The zero-order valence-corrected chi connectivity index (χ0v) is 19.3. The third-order valence-corrected chi connectivity index (χ3v) is 5.62. The summed E-state index contributed by atoms with van der Waals surface area (Å²) in [5.41, 5.74) is 2.08. The Balaban J connectivity index is 1.98. The molecule has 0 aliphatic carbocycles. The molecule has 0 amide bonds. The van der Waals surface area contributed by atoms with E-state index in [0.717, 1.165) is 9.92 Å². The molecule has 32 heavy (non-hydrogen) atoms. The van der Waals surface area contributed by atoms with Gasteiger partial charge in [-0.15, -0.1) is 0 Å². The molecule has 0 bridgehead atoms. The maximum atomic E-state index is 12.6. The van der Waals surface area contributed by atoms with Gasteiger partial charge in [-0.25, -0.2) is 14.6 Å². The summed E-state index contributed by atoms with van der Waals surface area (Å²) in [6, 6.07) is 18.3. The third kappa shape index (κ3) is 5.90. The number of hydrogen-bond acceptors (Lipinski definition) is 7. The van der Waals surface area contributed by atoms with Crippen LogP contribution < -0.4 is 5.32 Å². The second-order valence-corrected chi connectivity index (χ2v) is 8.20. The number of anilines is 1. The number of methoxy groups -OCH3 is 2. The van der Waals surface area contributed by atoms with E-state index >= 15 is 0 Å². The van der Waals surface area contributed by atoms with Crippen molar-refractivity contribution in [1.29, 1.82) is 0 Å². The molecule has 3 aromatic rings. The fourth-order valence-corrected chi connectivity index (χ4v) is 3.66. The zero-order valence-electron chi connectivity index (χ0n) is 17.7. The van der Waals surface area contributed by atoms with Gasteiger partial charge in [-0.05, 0) is 55.5 Å². The molecule has 0 saturated carbocycles. The van der Waals surface area contributed by atoms with Gasteiger partial charge in [0.2, 0.25) is 0 Å². The highest BCUT2D eigenvalue weighted by Gasteiger charge is 2.25. The van der Waals surface area contributed by atoms with Gasteiger partial charge in [0.1, 0.15) is 10.7 Å². The number of carbonyl (C=O) groups is 2. The van der Waals surface area contributed by atoms with E-state index in [1.54, 1.807) is 36.4 Å². The van der Waals surface area contributed by atoms with Crippen LogP contribution >= 0.6 is 23.4 Å². The van der Waals surface area contributed by atoms with Crippen molar-refractivity contribution in [3.8, 4) is 0 Å². The molecule has 8 heteroatoms. The molecule has 0 atom stereocenters. The largest absolute Gasteiger partial charge is 0.465 e. The van der Waals surface area contributed by atoms with Crippen LogP contribution in [-0.2, 0) is 19.1 Å². The van der Waals surface area contributed by atoms with E-state index in [9.17, 15) is 9.59 Å². The van der Waals surface area contributed by atoms with Gasteiger partial charge in [-0.2, -0.15) is 0 Å². The minimum absolute atomic E-state index is 0.00804. The summed E-state index contributed by atoms with van der Waals surface area (Å²) < 4.78 is 9.84. The maximum absolute atomic E-state index is 12.6. The fraction of sp³-hybridized carbons (Fsp3) is 0.125. The van der Waals surface area contributed by atoms with Crippen LogP contribution in [0.2, 0.25) is 5.02 Å². The second-order valence-electron chi connectivity index (χ2n) is 6.67. The van der Waals surface area contributed by atoms with E-state index in [-0.39, 0.29) is 11.3 Å². The Morgan fingerprint density at radius 1 is 0.906 bits per heavy atom. The number of aryl methyl sites for hydroxylation is 1.